The molecule has 23 heavy (non-hydrogen) atoms. The molecule has 0 saturated heterocycles. The second-order valence-electron chi connectivity index (χ2n) is 4.82. The van der Waals surface area contributed by atoms with E-state index in [1.54, 1.807) is 0 Å². The minimum atomic E-state index is -0.337. The summed E-state index contributed by atoms with van der Waals surface area (Å²) in [5.74, 6) is 0. The SMILES string of the molecule is Cc1ccccc1NC(=O)Nc1nnc(-c2cccc(Br)c2)s1. The molecule has 2 aromatic carbocycles. The highest BCUT2D eigenvalue weighted by Crippen LogP contribution is 2.28. The molecular weight excluding hydrogens is 376 g/mol. The summed E-state index contributed by atoms with van der Waals surface area (Å²) < 4.78 is 0.969. The molecule has 2 amide bonds. The van der Waals surface area contributed by atoms with Crippen LogP contribution in [0.4, 0.5) is 15.6 Å². The van der Waals surface area contributed by atoms with E-state index in [1.165, 1.54) is 11.3 Å². The monoisotopic (exact) mass is 388 g/mol. The van der Waals surface area contributed by atoms with Crippen molar-refractivity contribution >= 4 is 44.1 Å². The predicted molar refractivity (Wildman–Crippen MR) is 96.9 cm³/mol. The van der Waals surface area contributed by atoms with Crippen molar-refractivity contribution in [1.82, 2.24) is 10.2 Å². The zero-order valence-electron chi connectivity index (χ0n) is 12.2. The van der Waals surface area contributed by atoms with Gasteiger partial charge in [-0.25, -0.2) is 4.79 Å². The van der Waals surface area contributed by atoms with Gasteiger partial charge in [-0.1, -0.05) is 57.6 Å². The molecule has 0 saturated carbocycles. The maximum atomic E-state index is 12.0. The van der Waals surface area contributed by atoms with Crippen molar-refractivity contribution in [3.63, 3.8) is 0 Å². The highest BCUT2D eigenvalue weighted by molar-refractivity contribution is 9.10. The Bertz CT molecular complexity index is 849. The summed E-state index contributed by atoms with van der Waals surface area (Å²) in [7, 11) is 0. The lowest BCUT2D eigenvalue weighted by Gasteiger charge is -2.07. The first-order valence-corrected chi connectivity index (χ1v) is 8.46. The topological polar surface area (TPSA) is 66.9 Å². The molecule has 0 fully saturated rings. The predicted octanol–water partition coefficient (Wildman–Crippen LogP) is 4.92. The maximum absolute atomic E-state index is 12.0. The smallest absolute Gasteiger partial charge is 0.307 e. The fraction of sp³-hybridized carbons (Fsp3) is 0.0625. The molecule has 0 spiro atoms. The summed E-state index contributed by atoms with van der Waals surface area (Å²) in [4.78, 5) is 12.0. The van der Waals surface area contributed by atoms with Crippen LogP contribution in [0, 0.1) is 6.92 Å². The molecule has 0 atom stereocenters. The van der Waals surface area contributed by atoms with Crippen LogP contribution in [-0.2, 0) is 0 Å². The van der Waals surface area contributed by atoms with E-state index in [-0.39, 0.29) is 6.03 Å². The number of aryl methyl sites for hydroxylation is 1. The molecule has 0 aliphatic heterocycles. The first kappa shape index (κ1) is 15.6. The van der Waals surface area contributed by atoms with Gasteiger partial charge in [0.2, 0.25) is 5.13 Å². The normalized spacial score (nSPS) is 10.3. The van der Waals surface area contributed by atoms with E-state index in [9.17, 15) is 4.79 Å². The molecule has 0 aliphatic carbocycles. The number of urea groups is 1. The largest absolute Gasteiger partial charge is 0.325 e. The third-order valence-electron chi connectivity index (χ3n) is 3.11. The molecule has 5 nitrogen and oxygen atoms in total. The van der Waals surface area contributed by atoms with Gasteiger partial charge in [0, 0.05) is 15.7 Å². The quantitative estimate of drug-likeness (QED) is 0.668. The molecule has 0 radical (unpaired) electrons. The number of carbonyl (C=O) groups is 1. The number of para-hydroxylation sites is 1. The van der Waals surface area contributed by atoms with Crippen LogP contribution in [0.5, 0.6) is 0 Å². The standard InChI is InChI=1S/C16H13BrN4OS/c1-10-5-2-3-8-13(10)18-15(22)19-16-21-20-14(23-16)11-6-4-7-12(17)9-11/h2-9H,1H3,(H2,18,19,21,22). The lowest BCUT2D eigenvalue weighted by atomic mass is 10.2. The van der Waals surface area contributed by atoms with Gasteiger partial charge in [-0.2, -0.15) is 0 Å². The lowest BCUT2D eigenvalue weighted by Crippen LogP contribution is -2.19. The van der Waals surface area contributed by atoms with E-state index in [0.717, 1.165) is 26.3 Å². The molecule has 3 rings (SSSR count). The summed E-state index contributed by atoms with van der Waals surface area (Å²) >= 11 is 4.75. The highest BCUT2D eigenvalue weighted by atomic mass is 79.9. The molecule has 7 heteroatoms. The van der Waals surface area contributed by atoms with Crippen LogP contribution in [-0.4, -0.2) is 16.2 Å². The molecule has 1 aromatic heterocycles. The van der Waals surface area contributed by atoms with Crippen LogP contribution in [0.2, 0.25) is 0 Å². The van der Waals surface area contributed by atoms with E-state index in [4.69, 9.17) is 0 Å². The third-order valence-corrected chi connectivity index (χ3v) is 4.49. The van der Waals surface area contributed by atoms with Gasteiger partial charge in [0.15, 0.2) is 0 Å². The number of aromatic nitrogens is 2. The summed E-state index contributed by atoms with van der Waals surface area (Å²) in [6, 6.07) is 15.0. The Hall–Kier alpha value is -2.25. The minimum absolute atomic E-state index is 0.337. The van der Waals surface area contributed by atoms with E-state index in [0.29, 0.717) is 5.13 Å². The number of nitrogens with zero attached hydrogens (tertiary/aromatic N) is 2. The van der Waals surface area contributed by atoms with Crippen LogP contribution >= 0.6 is 27.3 Å². The molecule has 0 unspecified atom stereocenters. The van der Waals surface area contributed by atoms with Crippen molar-refractivity contribution in [2.45, 2.75) is 6.92 Å². The van der Waals surface area contributed by atoms with Gasteiger partial charge < -0.3 is 5.32 Å². The average Bonchev–Trinajstić information content (AvgIpc) is 2.98. The molecule has 116 valence electrons. The van der Waals surface area contributed by atoms with Gasteiger partial charge in [0.1, 0.15) is 5.01 Å². The van der Waals surface area contributed by atoms with Crippen molar-refractivity contribution in [2.24, 2.45) is 0 Å². The Balaban J connectivity index is 1.69. The number of anilines is 2. The fourth-order valence-corrected chi connectivity index (χ4v) is 3.11. The van der Waals surface area contributed by atoms with Gasteiger partial charge in [0.05, 0.1) is 0 Å². The number of halogens is 1. The van der Waals surface area contributed by atoms with Crippen molar-refractivity contribution in [1.29, 1.82) is 0 Å². The van der Waals surface area contributed by atoms with Gasteiger partial charge in [0.25, 0.3) is 0 Å². The van der Waals surface area contributed by atoms with Crippen molar-refractivity contribution in [3.05, 3.63) is 58.6 Å². The number of hydrogen-bond acceptors (Lipinski definition) is 4. The summed E-state index contributed by atoms with van der Waals surface area (Å²) in [5, 5.41) is 14.8. The van der Waals surface area contributed by atoms with Gasteiger partial charge in [-0.15, -0.1) is 10.2 Å². The second kappa shape index (κ2) is 6.89. The second-order valence-corrected chi connectivity index (χ2v) is 6.71. The molecule has 1 heterocycles. The Morgan fingerprint density at radius 2 is 1.91 bits per heavy atom. The molecule has 0 aliphatic rings. The summed E-state index contributed by atoms with van der Waals surface area (Å²) in [5.41, 5.74) is 2.71. The molecule has 3 aromatic rings. The van der Waals surface area contributed by atoms with Crippen LogP contribution in [0.25, 0.3) is 10.6 Å². The first-order chi connectivity index (χ1) is 11.1. The van der Waals surface area contributed by atoms with E-state index in [1.807, 2.05) is 55.5 Å². The number of benzene rings is 2. The zero-order chi connectivity index (χ0) is 16.2. The number of carbonyl (C=O) groups excluding carboxylic acids is 1. The molecule has 0 bridgehead atoms. The van der Waals surface area contributed by atoms with Crippen LogP contribution in [0.1, 0.15) is 5.56 Å². The molecular formula is C16H13BrN4OS. The third kappa shape index (κ3) is 3.94. The van der Waals surface area contributed by atoms with Crippen LogP contribution < -0.4 is 10.6 Å². The summed E-state index contributed by atoms with van der Waals surface area (Å²) in [6.07, 6.45) is 0. The number of rotatable bonds is 3. The lowest BCUT2D eigenvalue weighted by molar-refractivity contribution is 0.262. The number of nitrogens with one attached hydrogen (secondary N) is 2. The average molecular weight is 389 g/mol. The highest BCUT2D eigenvalue weighted by Gasteiger charge is 2.10. The van der Waals surface area contributed by atoms with Gasteiger partial charge in [-0.05, 0) is 30.7 Å². The Morgan fingerprint density at radius 1 is 1.09 bits per heavy atom. The fourth-order valence-electron chi connectivity index (χ4n) is 1.98. The van der Waals surface area contributed by atoms with E-state index >= 15 is 0 Å². The molecule has 2 N–H and O–H groups in total. The Kier molecular flexibility index (Phi) is 4.68. The first-order valence-electron chi connectivity index (χ1n) is 6.85. The number of amides is 2. The van der Waals surface area contributed by atoms with Crippen LogP contribution in [0.3, 0.4) is 0 Å². The maximum Gasteiger partial charge on any atom is 0.325 e. The van der Waals surface area contributed by atoms with E-state index in [2.05, 4.69) is 36.8 Å². The van der Waals surface area contributed by atoms with Crippen LogP contribution in [0.15, 0.2) is 53.0 Å². The van der Waals surface area contributed by atoms with Gasteiger partial charge in [-0.3, -0.25) is 5.32 Å². The van der Waals surface area contributed by atoms with Crippen molar-refractivity contribution in [2.75, 3.05) is 10.6 Å². The summed E-state index contributed by atoms with van der Waals surface area (Å²) in [6.45, 7) is 1.94. The van der Waals surface area contributed by atoms with Crippen molar-refractivity contribution in [3.8, 4) is 10.6 Å². The zero-order valence-corrected chi connectivity index (χ0v) is 14.6. The van der Waals surface area contributed by atoms with Crippen molar-refractivity contribution < 1.29 is 4.79 Å². The minimum Gasteiger partial charge on any atom is -0.307 e. The van der Waals surface area contributed by atoms with Gasteiger partial charge >= 0.3 is 6.03 Å². The Labute approximate surface area is 145 Å². The van der Waals surface area contributed by atoms with E-state index < -0.39 is 0 Å². The number of hydrogen-bond donors (Lipinski definition) is 2. The Morgan fingerprint density at radius 3 is 2.70 bits per heavy atom.